The average molecular weight is 497 g/mol. The van der Waals surface area contributed by atoms with Crippen LogP contribution in [0.1, 0.15) is 41.6 Å². The first-order valence-electron chi connectivity index (χ1n) is 11.8. The first-order valence-corrected chi connectivity index (χ1v) is 13.3. The molecule has 1 saturated heterocycles. The van der Waals surface area contributed by atoms with Gasteiger partial charge in [-0.25, -0.2) is 8.42 Å². The zero-order valence-corrected chi connectivity index (χ0v) is 21.3. The molecule has 3 aromatic carbocycles. The summed E-state index contributed by atoms with van der Waals surface area (Å²) in [4.78, 5) is 14.9. The van der Waals surface area contributed by atoms with Crippen LogP contribution in [0.2, 0.25) is 0 Å². The fourth-order valence-electron chi connectivity index (χ4n) is 4.50. The van der Waals surface area contributed by atoms with Gasteiger partial charge in [-0.3, -0.25) is 4.79 Å². The molecule has 0 aliphatic carbocycles. The Bertz CT molecular complexity index is 1310. The lowest BCUT2D eigenvalue weighted by Crippen LogP contribution is -2.32. The number of sulfonamides is 1. The monoisotopic (exact) mass is 496 g/mol. The second-order valence-corrected chi connectivity index (χ2v) is 10.8. The summed E-state index contributed by atoms with van der Waals surface area (Å²) < 4.78 is 39.0. The molecule has 1 amide bonds. The van der Waals surface area contributed by atoms with E-state index in [0.29, 0.717) is 25.2 Å². The molecule has 186 valence electrons. The summed E-state index contributed by atoms with van der Waals surface area (Å²) in [5, 5.41) is 2.11. The molecule has 0 N–H and O–H groups in total. The number of fused-ring (bicyclic) bond motifs is 1. The summed E-state index contributed by atoms with van der Waals surface area (Å²) in [5.41, 5.74) is 1.29. The molecule has 0 spiro atoms. The highest BCUT2D eigenvalue weighted by Crippen LogP contribution is 2.30. The van der Waals surface area contributed by atoms with Crippen molar-refractivity contribution in [3.05, 3.63) is 65.7 Å². The van der Waals surface area contributed by atoms with E-state index in [9.17, 15) is 13.2 Å². The molecule has 1 aliphatic heterocycles. The molecule has 0 aromatic heterocycles. The third kappa shape index (κ3) is 5.44. The van der Waals surface area contributed by atoms with Crippen molar-refractivity contribution in [2.75, 3.05) is 34.4 Å². The van der Waals surface area contributed by atoms with E-state index in [1.807, 2.05) is 36.4 Å². The summed E-state index contributed by atoms with van der Waals surface area (Å²) in [6, 6.07) is 16.5. The second-order valence-electron chi connectivity index (χ2n) is 8.89. The first-order chi connectivity index (χ1) is 16.8. The maximum Gasteiger partial charge on any atom is 0.253 e. The molecule has 0 radical (unpaired) electrons. The molecule has 0 bridgehead atoms. The molecule has 8 heteroatoms. The lowest BCUT2D eigenvalue weighted by atomic mass is 10.1. The summed E-state index contributed by atoms with van der Waals surface area (Å²) in [5.74, 6) is 0.788. The van der Waals surface area contributed by atoms with Crippen molar-refractivity contribution in [1.29, 1.82) is 0 Å². The molecule has 4 rings (SSSR count). The molecule has 0 unspecified atom stereocenters. The average Bonchev–Trinajstić information content (AvgIpc) is 3.18. The Balaban J connectivity index is 1.57. The molecule has 35 heavy (non-hydrogen) atoms. The van der Waals surface area contributed by atoms with Crippen LogP contribution in [0.25, 0.3) is 10.8 Å². The summed E-state index contributed by atoms with van der Waals surface area (Å²) >= 11 is 0. The van der Waals surface area contributed by atoms with E-state index in [4.69, 9.17) is 9.47 Å². The Kier molecular flexibility index (Phi) is 7.62. The van der Waals surface area contributed by atoms with Crippen LogP contribution in [0, 0.1) is 0 Å². The predicted molar refractivity (Wildman–Crippen MR) is 137 cm³/mol. The number of methoxy groups -OCH3 is 2. The number of hydrogen-bond donors (Lipinski definition) is 0. The van der Waals surface area contributed by atoms with Gasteiger partial charge in [0.2, 0.25) is 10.0 Å². The third-order valence-corrected chi connectivity index (χ3v) is 8.39. The zero-order valence-electron chi connectivity index (χ0n) is 20.5. The normalized spacial score (nSPS) is 14.9. The molecule has 0 atom stereocenters. The number of carbonyl (C=O) groups is 1. The highest BCUT2D eigenvalue weighted by molar-refractivity contribution is 7.89. The van der Waals surface area contributed by atoms with Gasteiger partial charge in [0.15, 0.2) is 0 Å². The second kappa shape index (κ2) is 10.7. The number of ether oxygens (including phenoxy) is 2. The maximum absolute atomic E-state index is 13.4. The fourth-order valence-corrected chi connectivity index (χ4v) is 6.20. The first kappa shape index (κ1) is 25.0. The van der Waals surface area contributed by atoms with Gasteiger partial charge in [0.05, 0.1) is 14.2 Å². The largest absolute Gasteiger partial charge is 0.497 e. The van der Waals surface area contributed by atoms with Gasteiger partial charge in [0, 0.05) is 32.2 Å². The van der Waals surface area contributed by atoms with Gasteiger partial charge < -0.3 is 14.4 Å². The molecule has 0 saturated carbocycles. The zero-order chi connectivity index (χ0) is 25.0. The Labute approximate surface area is 207 Å². The molecule has 3 aromatic rings. The van der Waals surface area contributed by atoms with Gasteiger partial charge in [-0.05, 0) is 65.6 Å². The van der Waals surface area contributed by atoms with Crippen molar-refractivity contribution < 1.29 is 22.7 Å². The Morgan fingerprint density at radius 1 is 0.886 bits per heavy atom. The summed E-state index contributed by atoms with van der Waals surface area (Å²) in [6.07, 6.45) is 3.71. The molecular formula is C27H32N2O5S. The van der Waals surface area contributed by atoms with Crippen molar-refractivity contribution in [3.8, 4) is 11.5 Å². The standard InChI is InChI=1S/C27H32N2O5S/c1-28(19-20-8-9-22-17-24(33-2)12-10-21(22)16-20)27(30)23-11-13-25(34-3)26(18-23)35(31,32)29-14-6-4-5-7-15-29/h8-13,16-18H,4-7,14-15,19H2,1-3H3. The van der Waals surface area contributed by atoms with Crippen LogP contribution >= 0.6 is 0 Å². The minimum absolute atomic E-state index is 0.0424. The van der Waals surface area contributed by atoms with Crippen LogP contribution in [0.3, 0.4) is 0 Å². The van der Waals surface area contributed by atoms with Crippen LogP contribution in [-0.4, -0.2) is 57.9 Å². The smallest absolute Gasteiger partial charge is 0.253 e. The minimum atomic E-state index is -3.77. The lowest BCUT2D eigenvalue weighted by molar-refractivity contribution is 0.0785. The Morgan fingerprint density at radius 3 is 2.26 bits per heavy atom. The molecule has 7 nitrogen and oxygen atoms in total. The van der Waals surface area contributed by atoms with Crippen molar-refractivity contribution in [2.24, 2.45) is 0 Å². The molecule has 1 aliphatic rings. The maximum atomic E-state index is 13.4. The van der Waals surface area contributed by atoms with Crippen LogP contribution in [0.5, 0.6) is 11.5 Å². The van der Waals surface area contributed by atoms with Crippen molar-refractivity contribution in [1.82, 2.24) is 9.21 Å². The van der Waals surface area contributed by atoms with E-state index in [0.717, 1.165) is 47.8 Å². The van der Waals surface area contributed by atoms with Crippen LogP contribution < -0.4 is 9.47 Å². The predicted octanol–water partition coefficient (Wildman–Crippen LogP) is 4.69. The van der Waals surface area contributed by atoms with Gasteiger partial charge in [-0.15, -0.1) is 0 Å². The van der Waals surface area contributed by atoms with Crippen LogP contribution in [-0.2, 0) is 16.6 Å². The summed E-state index contributed by atoms with van der Waals surface area (Å²) in [6.45, 7) is 1.36. The Hall–Kier alpha value is -3.10. The number of carbonyl (C=O) groups excluding carboxylic acids is 1. The number of hydrogen-bond acceptors (Lipinski definition) is 5. The number of benzene rings is 3. The van der Waals surface area contributed by atoms with Crippen molar-refractivity contribution in [3.63, 3.8) is 0 Å². The number of rotatable bonds is 7. The highest BCUT2D eigenvalue weighted by Gasteiger charge is 2.29. The van der Waals surface area contributed by atoms with E-state index in [2.05, 4.69) is 0 Å². The van der Waals surface area contributed by atoms with Gasteiger partial charge in [0.25, 0.3) is 5.91 Å². The van der Waals surface area contributed by atoms with Crippen LogP contribution in [0.4, 0.5) is 0 Å². The molecule has 1 heterocycles. The van der Waals surface area contributed by atoms with Gasteiger partial charge in [-0.2, -0.15) is 4.31 Å². The van der Waals surface area contributed by atoms with E-state index < -0.39 is 10.0 Å². The lowest BCUT2D eigenvalue weighted by Gasteiger charge is -2.22. The van der Waals surface area contributed by atoms with Crippen molar-refractivity contribution >= 4 is 26.7 Å². The van der Waals surface area contributed by atoms with Gasteiger partial charge in [0.1, 0.15) is 16.4 Å². The fraction of sp³-hybridized carbons (Fsp3) is 0.370. The SMILES string of the molecule is COc1ccc2cc(CN(C)C(=O)c3ccc(OC)c(S(=O)(=O)N4CCCCCC4)c3)ccc2c1. The quantitative estimate of drug-likeness (QED) is 0.474. The van der Waals surface area contributed by atoms with Crippen LogP contribution in [0.15, 0.2) is 59.5 Å². The molecular weight excluding hydrogens is 464 g/mol. The van der Waals surface area contributed by atoms with Gasteiger partial charge in [-0.1, -0.05) is 31.0 Å². The number of nitrogens with zero attached hydrogens (tertiary/aromatic N) is 2. The minimum Gasteiger partial charge on any atom is -0.497 e. The van der Waals surface area contributed by atoms with E-state index in [-0.39, 0.29) is 16.6 Å². The van der Waals surface area contributed by atoms with E-state index >= 15 is 0 Å². The number of amides is 1. The molecule has 1 fully saturated rings. The third-order valence-electron chi connectivity index (χ3n) is 6.47. The topological polar surface area (TPSA) is 76.1 Å². The van der Waals surface area contributed by atoms with E-state index in [1.54, 1.807) is 31.2 Å². The van der Waals surface area contributed by atoms with Gasteiger partial charge >= 0.3 is 0 Å². The van der Waals surface area contributed by atoms with E-state index in [1.165, 1.54) is 17.5 Å². The highest BCUT2D eigenvalue weighted by atomic mass is 32.2. The Morgan fingerprint density at radius 2 is 1.57 bits per heavy atom. The summed E-state index contributed by atoms with van der Waals surface area (Å²) in [7, 11) is 1.03. The van der Waals surface area contributed by atoms with Crippen molar-refractivity contribution in [2.45, 2.75) is 37.1 Å².